The van der Waals surface area contributed by atoms with Crippen LogP contribution in [-0.4, -0.2) is 61.7 Å². The van der Waals surface area contributed by atoms with Gasteiger partial charge >= 0.3 is 0 Å². The van der Waals surface area contributed by atoms with Crippen molar-refractivity contribution in [3.8, 4) is 0 Å². The molecular formula is C15H33N3. The van der Waals surface area contributed by atoms with Crippen molar-refractivity contribution in [2.45, 2.75) is 52.5 Å². The summed E-state index contributed by atoms with van der Waals surface area (Å²) in [6, 6.07) is 0.864. The van der Waals surface area contributed by atoms with Gasteiger partial charge in [0.2, 0.25) is 0 Å². The molecule has 1 aliphatic rings. The highest BCUT2D eigenvalue weighted by molar-refractivity contribution is 4.80. The number of hydrogen-bond donors (Lipinski definition) is 1. The minimum absolute atomic E-state index is 0.864. The Balaban J connectivity index is 1.97. The van der Waals surface area contributed by atoms with Gasteiger partial charge in [-0.3, -0.25) is 0 Å². The first-order valence-corrected chi connectivity index (χ1v) is 7.98. The van der Waals surface area contributed by atoms with Gasteiger partial charge in [-0.05, 0) is 71.5 Å². The van der Waals surface area contributed by atoms with Crippen LogP contribution in [0, 0.1) is 0 Å². The van der Waals surface area contributed by atoms with Crippen LogP contribution in [0.15, 0.2) is 0 Å². The Morgan fingerprint density at radius 3 is 1.94 bits per heavy atom. The van der Waals surface area contributed by atoms with Gasteiger partial charge in [0.05, 0.1) is 0 Å². The molecule has 1 aliphatic carbocycles. The molecule has 0 atom stereocenters. The van der Waals surface area contributed by atoms with E-state index in [0.29, 0.717) is 0 Å². The van der Waals surface area contributed by atoms with E-state index >= 15 is 0 Å². The van der Waals surface area contributed by atoms with Crippen molar-refractivity contribution in [1.82, 2.24) is 15.1 Å². The minimum atomic E-state index is 0.864. The van der Waals surface area contributed by atoms with Crippen molar-refractivity contribution in [3.63, 3.8) is 0 Å². The number of hydrogen-bond acceptors (Lipinski definition) is 3. The summed E-state index contributed by atoms with van der Waals surface area (Å²) in [7, 11) is 0. The number of rotatable bonds is 12. The molecule has 0 unspecified atom stereocenters. The molecule has 0 amide bonds. The van der Waals surface area contributed by atoms with Crippen LogP contribution in [0.5, 0.6) is 0 Å². The SMILES string of the molecule is CCN(CC)CCCN(CC)CCCNC1CC1. The molecule has 18 heavy (non-hydrogen) atoms. The summed E-state index contributed by atoms with van der Waals surface area (Å²) in [6.45, 7) is 15.3. The Morgan fingerprint density at radius 1 is 0.833 bits per heavy atom. The number of nitrogens with zero attached hydrogens (tertiary/aromatic N) is 2. The van der Waals surface area contributed by atoms with Gasteiger partial charge in [-0.25, -0.2) is 0 Å². The largest absolute Gasteiger partial charge is 0.314 e. The van der Waals surface area contributed by atoms with Crippen molar-refractivity contribution in [2.75, 3.05) is 45.8 Å². The second kappa shape index (κ2) is 9.76. The Morgan fingerprint density at radius 2 is 1.39 bits per heavy atom. The van der Waals surface area contributed by atoms with E-state index in [-0.39, 0.29) is 0 Å². The standard InChI is InChI=1S/C15H33N3/c1-4-17(5-2)13-8-14-18(6-3)12-7-11-16-15-9-10-15/h15-16H,4-14H2,1-3H3. The Bertz CT molecular complexity index is 188. The average Bonchev–Trinajstić information content (AvgIpc) is 3.21. The Labute approximate surface area is 114 Å². The van der Waals surface area contributed by atoms with Gasteiger partial charge in [0.1, 0.15) is 0 Å². The third kappa shape index (κ3) is 7.34. The summed E-state index contributed by atoms with van der Waals surface area (Å²) in [5, 5.41) is 3.59. The van der Waals surface area contributed by atoms with Crippen LogP contribution in [0.25, 0.3) is 0 Å². The lowest BCUT2D eigenvalue weighted by molar-refractivity contribution is 0.241. The first kappa shape index (κ1) is 15.9. The van der Waals surface area contributed by atoms with E-state index in [0.717, 1.165) is 6.04 Å². The van der Waals surface area contributed by atoms with Crippen molar-refractivity contribution in [2.24, 2.45) is 0 Å². The average molecular weight is 255 g/mol. The predicted octanol–water partition coefficient (Wildman–Crippen LogP) is 2.18. The molecule has 3 heteroatoms. The number of nitrogens with one attached hydrogen (secondary N) is 1. The minimum Gasteiger partial charge on any atom is -0.314 e. The predicted molar refractivity (Wildman–Crippen MR) is 80.2 cm³/mol. The van der Waals surface area contributed by atoms with Crippen molar-refractivity contribution >= 4 is 0 Å². The quantitative estimate of drug-likeness (QED) is 0.539. The molecule has 1 N–H and O–H groups in total. The zero-order chi connectivity index (χ0) is 13.2. The molecule has 0 saturated heterocycles. The first-order valence-electron chi connectivity index (χ1n) is 7.98. The summed E-state index contributed by atoms with van der Waals surface area (Å²) >= 11 is 0. The lowest BCUT2D eigenvalue weighted by atomic mass is 10.3. The topological polar surface area (TPSA) is 18.5 Å². The molecule has 0 spiro atoms. The van der Waals surface area contributed by atoms with Crippen LogP contribution in [-0.2, 0) is 0 Å². The molecule has 0 bridgehead atoms. The lowest BCUT2D eigenvalue weighted by Gasteiger charge is -2.23. The Hall–Kier alpha value is -0.120. The fourth-order valence-corrected chi connectivity index (χ4v) is 2.38. The molecule has 1 saturated carbocycles. The smallest absolute Gasteiger partial charge is 0.00682 e. The van der Waals surface area contributed by atoms with Crippen LogP contribution >= 0.6 is 0 Å². The molecule has 0 radical (unpaired) electrons. The van der Waals surface area contributed by atoms with Gasteiger partial charge in [-0.15, -0.1) is 0 Å². The van der Waals surface area contributed by atoms with E-state index < -0.39 is 0 Å². The van der Waals surface area contributed by atoms with Gasteiger partial charge in [0.25, 0.3) is 0 Å². The van der Waals surface area contributed by atoms with Crippen molar-refractivity contribution in [3.05, 3.63) is 0 Å². The highest BCUT2D eigenvalue weighted by Crippen LogP contribution is 2.18. The van der Waals surface area contributed by atoms with Crippen molar-refractivity contribution < 1.29 is 0 Å². The summed E-state index contributed by atoms with van der Waals surface area (Å²) in [5.41, 5.74) is 0. The maximum atomic E-state index is 3.59. The second-order valence-corrected chi connectivity index (χ2v) is 5.40. The summed E-state index contributed by atoms with van der Waals surface area (Å²) in [4.78, 5) is 5.11. The third-order valence-electron chi connectivity index (χ3n) is 3.95. The van der Waals surface area contributed by atoms with E-state index in [1.807, 2.05) is 0 Å². The van der Waals surface area contributed by atoms with Crippen LogP contribution in [0.2, 0.25) is 0 Å². The van der Waals surface area contributed by atoms with Crippen LogP contribution in [0.4, 0.5) is 0 Å². The summed E-state index contributed by atoms with van der Waals surface area (Å²) < 4.78 is 0. The molecular weight excluding hydrogens is 222 g/mol. The van der Waals surface area contributed by atoms with E-state index in [9.17, 15) is 0 Å². The Kier molecular flexibility index (Phi) is 8.64. The lowest BCUT2D eigenvalue weighted by Crippen LogP contribution is -2.32. The van der Waals surface area contributed by atoms with E-state index in [2.05, 4.69) is 35.9 Å². The highest BCUT2D eigenvalue weighted by Gasteiger charge is 2.19. The highest BCUT2D eigenvalue weighted by atomic mass is 15.1. The van der Waals surface area contributed by atoms with E-state index in [1.165, 1.54) is 71.5 Å². The normalized spacial score (nSPS) is 15.8. The molecule has 1 rings (SSSR count). The van der Waals surface area contributed by atoms with Gasteiger partial charge in [0.15, 0.2) is 0 Å². The molecule has 0 heterocycles. The zero-order valence-corrected chi connectivity index (χ0v) is 12.7. The molecule has 3 nitrogen and oxygen atoms in total. The molecule has 0 aromatic rings. The van der Waals surface area contributed by atoms with E-state index in [4.69, 9.17) is 0 Å². The zero-order valence-electron chi connectivity index (χ0n) is 12.7. The van der Waals surface area contributed by atoms with Crippen molar-refractivity contribution in [1.29, 1.82) is 0 Å². The van der Waals surface area contributed by atoms with Crippen LogP contribution < -0.4 is 5.32 Å². The molecule has 1 fully saturated rings. The molecule has 0 aromatic carbocycles. The van der Waals surface area contributed by atoms with Gasteiger partial charge in [-0.2, -0.15) is 0 Å². The summed E-state index contributed by atoms with van der Waals surface area (Å²) in [5.74, 6) is 0. The third-order valence-corrected chi connectivity index (χ3v) is 3.95. The van der Waals surface area contributed by atoms with Gasteiger partial charge < -0.3 is 15.1 Å². The monoisotopic (exact) mass is 255 g/mol. The van der Waals surface area contributed by atoms with Crippen LogP contribution in [0.1, 0.15) is 46.5 Å². The van der Waals surface area contributed by atoms with E-state index in [1.54, 1.807) is 0 Å². The molecule has 108 valence electrons. The van der Waals surface area contributed by atoms with Crippen LogP contribution in [0.3, 0.4) is 0 Å². The maximum absolute atomic E-state index is 3.59. The molecule has 0 aliphatic heterocycles. The fourth-order valence-electron chi connectivity index (χ4n) is 2.38. The maximum Gasteiger partial charge on any atom is 0.00682 e. The molecule has 0 aromatic heterocycles. The van der Waals surface area contributed by atoms with Gasteiger partial charge in [-0.1, -0.05) is 20.8 Å². The summed E-state index contributed by atoms with van der Waals surface area (Å²) in [6.07, 6.45) is 5.42. The fraction of sp³-hybridized carbons (Fsp3) is 1.00. The first-order chi connectivity index (χ1) is 8.80. The second-order valence-electron chi connectivity index (χ2n) is 5.40. The van der Waals surface area contributed by atoms with Gasteiger partial charge in [0, 0.05) is 6.04 Å².